The van der Waals surface area contributed by atoms with Gasteiger partial charge in [0.05, 0.1) is 12.2 Å². The van der Waals surface area contributed by atoms with E-state index in [-0.39, 0.29) is 5.56 Å². The Labute approximate surface area is 177 Å². The molecule has 0 amide bonds. The van der Waals surface area contributed by atoms with Crippen LogP contribution in [-0.4, -0.2) is 9.78 Å². The molecule has 0 unspecified atom stereocenters. The number of hydrogen-bond acceptors (Lipinski definition) is 3. The molecular weight excluding hydrogens is 428 g/mol. The summed E-state index contributed by atoms with van der Waals surface area (Å²) in [4.78, 5) is 12.3. The molecule has 0 fully saturated rings. The second kappa shape index (κ2) is 8.88. The minimum absolute atomic E-state index is 0.129. The maximum atomic E-state index is 12.3. The lowest BCUT2D eigenvalue weighted by atomic mass is 10.1. The van der Waals surface area contributed by atoms with E-state index in [1.165, 1.54) is 4.68 Å². The molecule has 0 aliphatic rings. The molecule has 144 valence electrons. The fourth-order valence-corrected chi connectivity index (χ4v) is 3.21. The summed E-state index contributed by atoms with van der Waals surface area (Å²) < 4.78 is 8.31. The first-order chi connectivity index (χ1) is 14.2. The van der Waals surface area contributed by atoms with Gasteiger partial charge in [-0.3, -0.25) is 4.79 Å². The normalized spacial score (nSPS) is 10.7. The molecule has 0 aliphatic carbocycles. The van der Waals surface area contributed by atoms with E-state index >= 15 is 0 Å². The van der Waals surface area contributed by atoms with Gasteiger partial charge in [0.2, 0.25) is 0 Å². The van der Waals surface area contributed by atoms with Gasteiger partial charge in [0.1, 0.15) is 12.4 Å². The molecule has 0 saturated carbocycles. The van der Waals surface area contributed by atoms with Crippen molar-refractivity contribution >= 4 is 15.9 Å². The molecule has 0 saturated heterocycles. The maximum absolute atomic E-state index is 12.3. The number of nitrogens with zero attached hydrogens (tertiary/aromatic N) is 2. The zero-order valence-corrected chi connectivity index (χ0v) is 17.2. The Morgan fingerprint density at radius 3 is 2.24 bits per heavy atom. The first kappa shape index (κ1) is 19.2. The lowest BCUT2D eigenvalue weighted by molar-refractivity contribution is 0.306. The van der Waals surface area contributed by atoms with E-state index in [1.807, 2.05) is 78.9 Å². The van der Waals surface area contributed by atoms with Crippen LogP contribution in [0.15, 0.2) is 100 Å². The summed E-state index contributed by atoms with van der Waals surface area (Å²) in [6.07, 6.45) is 0. The molecule has 4 rings (SSSR count). The zero-order chi connectivity index (χ0) is 20.1. The fraction of sp³-hybridized carbons (Fsp3) is 0.0833. The third-order valence-corrected chi connectivity index (χ3v) is 5.04. The largest absolute Gasteiger partial charge is 0.489 e. The molecule has 0 atom stereocenters. The van der Waals surface area contributed by atoms with Gasteiger partial charge in [-0.15, -0.1) is 0 Å². The van der Waals surface area contributed by atoms with Crippen molar-refractivity contribution in [1.82, 2.24) is 9.78 Å². The lowest BCUT2D eigenvalue weighted by Crippen LogP contribution is -2.22. The molecule has 0 N–H and O–H groups in total. The summed E-state index contributed by atoms with van der Waals surface area (Å²) in [7, 11) is 0. The molecule has 1 heterocycles. The number of rotatable bonds is 6. The Hall–Kier alpha value is -3.18. The van der Waals surface area contributed by atoms with Crippen LogP contribution in [0.25, 0.3) is 11.3 Å². The Balaban J connectivity index is 1.46. The van der Waals surface area contributed by atoms with Gasteiger partial charge in [0, 0.05) is 16.1 Å². The molecule has 3 aromatic carbocycles. The molecule has 5 heteroatoms. The first-order valence-corrected chi connectivity index (χ1v) is 10.1. The summed E-state index contributed by atoms with van der Waals surface area (Å²) in [5.74, 6) is 0.793. The Bertz CT molecular complexity index is 1140. The van der Waals surface area contributed by atoms with E-state index in [4.69, 9.17) is 4.74 Å². The van der Waals surface area contributed by atoms with Gasteiger partial charge in [-0.1, -0.05) is 70.5 Å². The van der Waals surface area contributed by atoms with Gasteiger partial charge in [-0.25, -0.2) is 4.68 Å². The van der Waals surface area contributed by atoms with Gasteiger partial charge in [-0.05, 0) is 41.5 Å². The predicted octanol–water partition coefficient (Wildman–Crippen LogP) is 5.30. The average Bonchev–Trinajstić information content (AvgIpc) is 2.76. The van der Waals surface area contributed by atoms with Crippen molar-refractivity contribution in [2.24, 2.45) is 0 Å². The van der Waals surface area contributed by atoms with Crippen molar-refractivity contribution in [3.8, 4) is 17.0 Å². The minimum atomic E-state index is -0.129. The lowest BCUT2D eigenvalue weighted by Gasteiger charge is -2.09. The van der Waals surface area contributed by atoms with Crippen LogP contribution >= 0.6 is 15.9 Å². The summed E-state index contributed by atoms with van der Waals surface area (Å²) in [6.45, 7) is 0.929. The molecule has 4 aromatic rings. The van der Waals surface area contributed by atoms with E-state index < -0.39 is 0 Å². The van der Waals surface area contributed by atoms with Crippen molar-refractivity contribution in [3.63, 3.8) is 0 Å². The van der Waals surface area contributed by atoms with Crippen LogP contribution in [0, 0.1) is 0 Å². The van der Waals surface area contributed by atoms with Crippen LogP contribution in [0.3, 0.4) is 0 Å². The second-order valence-corrected chi connectivity index (χ2v) is 7.56. The number of ether oxygens (including phenoxy) is 1. The first-order valence-electron chi connectivity index (χ1n) is 9.27. The molecule has 0 bridgehead atoms. The Morgan fingerprint density at radius 1 is 0.793 bits per heavy atom. The van der Waals surface area contributed by atoms with E-state index in [9.17, 15) is 4.79 Å². The summed E-state index contributed by atoms with van der Waals surface area (Å²) in [6, 6.07) is 29.0. The van der Waals surface area contributed by atoms with Gasteiger partial charge in [0.25, 0.3) is 5.56 Å². The van der Waals surface area contributed by atoms with Crippen LogP contribution in [0.1, 0.15) is 11.1 Å². The van der Waals surface area contributed by atoms with Crippen molar-refractivity contribution in [2.75, 3.05) is 0 Å². The average molecular weight is 447 g/mol. The van der Waals surface area contributed by atoms with E-state index in [2.05, 4.69) is 21.0 Å². The highest BCUT2D eigenvalue weighted by Crippen LogP contribution is 2.19. The van der Waals surface area contributed by atoms with Crippen LogP contribution in [0.2, 0.25) is 0 Å². The minimum Gasteiger partial charge on any atom is -0.489 e. The monoisotopic (exact) mass is 446 g/mol. The van der Waals surface area contributed by atoms with Crippen LogP contribution in [0.4, 0.5) is 0 Å². The molecule has 1 aromatic heterocycles. The van der Waals surface area contributed by atoms with Crippen molar-refractivity contribution < 1.29 is 4.74 Å². The number of benzene rings is 3. The summed E-state index contributed by atoms with van der Waals surface area (Å²) in [5, 5.41) is 4.52. The van der Waals surface area contributed by atoms with Gasteiger partial charge in [-0.2, -0.15) is 5.10 Å². The third kappa shape index (κ3) is 5.00. The topological polar surface area (TPSA) is 44.1 Å². The Morgan fingerprint density at radius 2 is 1.52 bits per heavy atom. The highest BCUT2D eigenvalue weighted by molar-refractivity contribution is 9.10. The van der Waals surface area contributed by atoms with Crippen LogP contribution < -0.4 is 10.3 Å². The summed E-state index contributed by atoms with van der Waals surface area (Å²) in [5.41, 5.74) is 3.71. The third-order valence-electron chi connectivity index (χ3n) is 4.51. The predicted molar refractivity (Wildman–Crippen MR) is 118 cm³/mol. The molecular formula is C24H19BrN2O2. The van der Waals surface area contributed by atoms with Crippen molar-refractivity contribution in [1.29, 1.82) is 0 Å². The highest BCUT2D eigenvalue weighted by atomic mass is 79.9. The second-order valence-electron chi connectivity index (χ2n) is 6.64. The number of hydrogen-bond donors (Lipinski definition) is 0. The molecule has 0 spiro atoms. The standard InChI is InChI=1S/C24H19BrN2O2/c25-21-10-8-20(9-11-21)23-14-15-24(28)27(26-23)16-18-6-12-22(13-7-18)29-17-19-4-2-1-3-5-19/h1-15H,16-17H2. The number of halogens is 1. The highest BCUT2D eigenvalue weighted by Gasteiger charge is 2.05. The molecule has 0 radical (unpaired) electrons. The Kier molecular flexibility index (Phi) is 5.86. The molecule has 0 aliphatic heterocycles. The molecule has 29 heavy (non-hydrogen) atoms. The smallest absolute Gasteiger partial charge is 0.267 e. The maximum Gasteiger partial charge on any atom is 0.267 e. The van der Waals surface area contributed by atoms with E-state index in [1.54, 1.807) is 12.1 Å². The number of aromatic nitrogens is 2. The van der Waals surface area contributed by atoms with E-state index in [0.717, 1.165) is 32.6 Å². The van der Waals surface area contributed by atoms with Crippen LogP contribution in [0.5, 0.6) is 5.75 Å². The SMILES string of the molecule is O=c1ccc(-c2ccc(Br)cc2)nn1Cc1ccc(OCc2ccccc2)cc1. The van der Waals surface area contributed by atoms with Crippen LogP contribution in [-0.2, 0) is 13.2 Å². The van der Waals surface area contributed by atoms with E-state index in [0.29, 0.717) is 13.2 Å². The summed E-state index contributed by atoms with van der Waals surface area (Å²) >= 11 is 3.43. The fourth-order valence-electron chi connectivity index (χ4n) is 2.94. The van der Waals surface area contributed by atoms with Crippen molar-refractivity contribution in [3.05, 3.63) is 117 Å². The quantitative estimate of drug-likeness (QED) is 0.403. The van der Waals surface area contributed by atoms with Gasteiger partial charge in [0.15, 0.2) is 0 Å². The van der Waals surface area contributed by atoms with Crippen molar-refractivity contribution in [2.45, 2.75) is 13.2 Å². The van der Waals surface area contributed by atoms with Gasteiger partial charge < -0.3 is 4.74 Å². The van der Waals surface area contributed by atoms with Gasteiger partial charge >= 0.3 is 0 Å². The zero-order valence-electron chi connectivity index (χ0n) is 15.7. The molecule has 4 nitrogen and oxygen atoms in total.